The molecule has 150 valence electrons. The number of rotatable bonds is 7. The number of halogens is 1. The highest BCUT2D eigenvalue weighted by molar-refractivity contribution is 5.78. The van der Waals surface area contributed by atoms with E-state index in [9.17, 15) is 9.18 Å². The second-order valence-electron chi connectivity index (χ2n) is 7.31. The maximum atomic E-state index is 13.3. The number of ether oxygens (including phenoxy) is 1. The Morgan fingerprint density at radius 1 is 1.07 bits per heavy atom. The van der Waals surface area contributed by atoms with Gasteiger partial charge in [-0.05, 0) is 42.4 Å². The zero-order valence-electron chi connectivity index (χ0n) is 16.6. The first-order valence-electron chi connectivity index (χ1n) is 9.59. The van der Waals surface area contributed by atoms with Gasteiger partial charge in [0.25, 0.3) is 0 Å². The number of methoxy groups -OCH3 is 1. The topological polar surface area (TPSA) is 36.0 Å². The standard InChI is InChI=1S/C22H28FN3O2/c1-24(15-19-4-3-5-20(23)14-19)17-22(27)26-12-10-25(11-13-26)16-18-6-8-21(28-2)9-7-18/h3-9,14H,10-13,15-17H2,1-2H3. The number of amides is 1. The zero-order chi connectivity index (χ0) is 19.9. The van der Waals surface area contributed by atoms with Gasteiger partial charge in [-0.15, -0.1) is 0 Å². The van der Waals surface area contributed by atoms with Crippen LogP contribution in [0.15, 0.2) is 48.5 Å². The molecule has 0 saturated carbocycles. The number of hydrogen-bond donors (Lipinski definition) is 0. The summed E-state index contributed by atoms with van der Waals surface area (Å²) < 4.78 is 18.5. The van der Waals surface area contributed by atoms with E-state index in [0.29, 0.717) is 13.1 Å². The van der Waals surface area contributed by atoms with Gasteiger partial charge in [-0.2, -0.15) is 0 Å². The number of hydrogen-bond acceptors (Lipinski definition) is 4. The molecule has 0 unspecified atom stereocenters. The van der Waals surface area contributed by atoms with Crippen LogP contribution in [0.4, 0.5) is 4.39 Å². The van der Waals surface area contributed by atoms with Crippen molar-refractivity contribution < 1.29 is 13.9 Å². The molecule has 0 radical (unpaired) electrons. The van der Waals surface area contributed by atoms with Gasteiger partial charge >= 0.3 is 0 Å². The molecule has 28 heavy (non-hydrogen) atoms. The Morgan fingerprint density at radius 2 is 1.79 bits per heavy atom. The van der Waals surface area contributed by atoms with E-state index in [0.717, 1.165) is 44.0 Å². The molecular weight excluding hydrogens is 357 g/mol. The first kappa shape index (κ1) is 20.3. The van der Waals surface area contributed by atoms with Gasteiger partial charge < -0.3 is 9.64 Å². The number of piperazine rings is 1. The SMILES string of the molecule is COc1ccc(CN2CCN(C(=O)CN(C)Cc3cccc(F)c3)CC2)cc1. The largest absolute Gasteiger partial charge is 0.497 e. The summed E-state index contributed by atoms with van der Waals surface area (Å²) in [6.45, 7) is 4.99. The molecular formula is C22H28FN3O2. The molecule has 0 bridgehead atoms. The van der Waals surface area contributed by atoms with Gasteiger partial charge in [-0.3, -0.25) is 14.6 Å². The Labute approximate surface area is 166 Å². The van der Waals surface area contributed by atoms with Crippen molar-refractivity contribution in [3.63, 3.8) is 0 Å². The lowest BCUT2D eigenvalue weighted by Gasteiger charge is -2.35. The van der Waals surface area contributed by atoms with Crippen LogP contribution in [0.25, 0.3) is 0 Å². The number of benzene rings is 2. The zero-order valence-corrected chi connectivity index (χ0v) is 16.6. The van der Waals surface area contributed by atoms with Crippen molar-refractivity contribution in [2.24, 2.45) is 0 Å². The van der Waals surface area contributed by atoms with Crippen LogP contribution in [0.2, 0.25) is 0 Å². The van der Waals surface area contributed by atoms with Crippen molar-refractivity contribution in [3.8, 4) is 5.75 Å². The fraction of sp³-hybridized carbons (Fsp3) is 0.409. The van der Waals surface area contributed by atoms with E-state index in [1.54, 1.807) is 13.2 Å². The monoisotopic (exact) mass is 385 g/mol. The Balaban J connectivity index is 1.42. The lowest BCUT2D eigenvalue weighted by molar-refractivity contribution is -0.134. The maximum absolute atomic E-state index is 13.3. The van der Waals surface area contributed by atoms with Gasteiger partial charge in [-0.25, -0.2) is 4.39 Å². The molecule has 1 aliphatic rings. The van der Waals surface area contributed by atoms with Crippen LogP contribution in [-0.2, 0) is 17.9 Å². The summed E-state index contributed by atoms with van der Waals surface area (Å²) in [7, 11) is 3.56. The molecule has 1 aliphatic heterocycles. The van der Waals surface area contributed by atoms with Gasteiger partial charge in [0.15, 0.2) is 0 Å². The summed E-state index contributed by atoms with van der Waals surface area (Å²) in [4.78, 5) is 18.8. The molecule has 1 saturated heterocycles. The molecule has 0 aromatic heterocycles. The third-order valence-corrected chi connectivity index (χ3v) is 5.04. The van der Waals surface area contributed by atoms with Crippen molar-refractivity contribution in [2.45, 2.75) is 13.1 Å². The Kier molecular flexibility index (Phi) is 7.01. The molecule has 1 fully saturated rings. The minimum atomic E-state index is -0.245. The smallest absolute Gasteiger partial charge is 0.236 e. The number of likely N-dealkylation sites (N-methyl/N-ethyl adjacent to an activating group) is 1. The third kappa shape index (κ3) is 5.78. The summed E-state index contributed by atoms with van der Waals surface area (Å²) >= 11 is 0. The van der Waals surface area contributed by atoms with E-state index in [1.807, 2.05) is 35.0 Å². The third-order valence-electron chi connectivity index (χ3n) is 5.04. The summed E-state index contributed by atoms with van der Waals surface area (Å²) in [5.74, 6) is 0.745. The normalized spacial score (nSPS) is 15.1. The molecule has 3 rings (SSSR count). The molecule has 0 atom stereocenters. The van der Waals surface area contributed by atoms with Crippen LogP contribution in [0.1, 0.15) is 11.1 Å². The molecule has 1 amide bonds. The van der Waals surface area contributed by atoms with Crippen LogP contribution >= 0.6 is 0 Å². The first-order chi connectivity index (χ1) is 13.5. The van der Waals surface area contributed by atoms with Gasteiger partial charge in [0.2, 0.25) is 5.91 Å². The molecule has 5 nitrogen and oxygen atoms in total. The number of carbonyl (C=O) groups excluding carboxylic acids is 1. The highest BCUT2D eigenvalue weighted by Crippen LogP contribution is 2.14. The van der Waals surface area contributed by atoms with Gasteiger partial charge in [-0.1, -0.05) is 24.3 Å². The van der Waals surface area contributed by atoms with E-state index < -0.39 is 0 Å². The van der Waals surface area contributed by atoms with Crippen LogP contribution in [0, 0.1) is 5.82 Å². The summed E-state index contributed by atoms with van der Waals surface area (Å²) in [5.41, 5.74) is 2.12. The van der Waals surface area contributed by atoms with E-state index in [-0.39, 0.29) is 11.7 Å². The molecule has 2 aromatic carbocycles. The van der Waals surface area contributed by atoms with E-state index >= 15 is 0 Å². The second kappa shape index (κ2) is 9.66. The van der Waals surface area contributed by atoms with Crippen molar-refractivity contribution in [3.05, 3.63) is 65.5 Å². The molecule has 0 N–H and O–H groups in total. The highest BCUT2D eigenvalue weighted by atomic mass is 19.1. The molecule has 2 aromatic rings. The average Bonchev–Trinajstić information content (AvgIpc) is 2.69. The van der Waals surface area contributed by atoms with Crippen molar-refractivity contribution in [1.29, 1.82) is 0 Å². The van der Waals surface area contributed by atoms with E-state index in [4.69, 9.17) is 4.74 Å². The van der Waals surface area contributed by atoms with Gasteiger partial charge in [0.1, 0.15) is 11.6 Å². The minimum absolute atomic E-state index is 0.128. The van der Waals surface area contributed by atoms with E-state index in [1.165, 1.54) is 17.7 Å². The molecule has 0 aliphatic carbocycles. The van der Waals surface area contributed by atoms with Crippen LogP contribution in [0.5, 0.6) is 5.75 Å². The maximum Gasteiger partial charge on any atom is 0.236 e. The van der Waals surface area contributed by atoms with Gasteiger partial charge in [0, 0.05) is 39.3 Å². The predicted molar refractivity (Wildman–Crippen MR) is 108 cm³/mol. The minimum Gasteiger partial charge on any atom is -0.497 e. The lowest BCUT2D eigenvalue weighted by atomic mass is 10.2. The average molecular weight is 385 g/mol. The van der Waals surface area contributed by atoms with Crippen LogP contribution in [-0.4, -0.2) is 67.5 Å². The Morgan fingerprint density at radius 3 is 2.43 bits per heavy atom. The molecule has 0 spiro atoms. The number of carbonyl (C=O) groups is 1. The van der Waals surface area contributed by atoms with Crippen molar-refractivity contribution in [2.75, 3.05) is 46.9 Å². The summed E-state index contributed by atoms with van der Waals surface area (Å²) in [6, 6.07) is 14.6. The Hall–Kier alpha value is -2.44. The quantitative estimate of drug-likeness (QED) is 0.734. The van der Waals surface area contributed by atoms with Crippen LogP contribution < -0.4 is 4.74 Å². The summed E-state index contributed by atoms with van der Waals surface area (Å²) in [6.07, 6.45) is 0. The second-order valence-corrected chi connectivity index (χ2v) is 7.31. The van der Waals surface area contributed by atoms with Crippen molar-refractivity contribution >= 4 is 5.91 Å². The predicted octanol–water partition coefficient (Wildman–Crippen LogP) is 2.61. The van der Waals surface area contributed by atoms with Crippen LogP contribution in [0.3, 0.4) is 0 Å². The van der Waals surface area contributed by atoms with Gasteiger partial charge in [0.05, 0.1) is 13.7 Å². The fourth-order valence-electron chi connectivity index (χ4n) is 3.48. The fourth-order valence-corrected chi connectivity index (χ4v) is 3.48. The first-order valence-corrected chi connectivity index (χ1v) is 9.59. The Bertz CT molecular complexity index is 774. The lowest BCUT2D eigenvalue weighted by Crippen LogP contribution is -2.50. The molecule has 6 heteroatoms. The molecule has 1 heterocycles. The summed E-state index contributed by atoms with van der Waals surface area (Å²) in [5, 5.41) is 0. The van der Waals surface area contributed by atoms with Crippen molar-refractivity contribution in [1.82, 2.24) is 14.7 Å². The number of nitrogens with zero attached hydrogens (tertiary/aromatic N) is 3. The van der Waals surface area contributed by atoms with E-state index in [2.05, 4.69) is 17.0 Å². The highest BCUT2D eigenvalue weighted by Gasteiger charge is 2.22.